The molecule has 106 valence electrons. The number of nitrogens with one attached hydrogen (secondary N) is 2. The fraction of sp³-hybridized carbons (Fsp3) is 0.769. The third kappa shape index (κ3) is 8.87. The Labute approximate surface area is 111 Å². The number of likely N-dealkylation sites (N-methyl/N-ethyl adjacent to an activating group) is 1. The van der Waals surface area contributed by atoms with Gasteiger partial charge in [0, 0.05) is 13.1 Å². The average Bonchev–Trinajstić information content (AvgIpc) is 2.39. The molecule has 0 spiro atoms. The van der Waals surface area contributed by atoms with E-state index in [1.54, 1.807) is 6.26 Å². The lowest BCUT2D eigenvalue weighted by Crippen LogP contribution is -2.42. The topological polar surface area (TPSA) is 53.6 Å². The second kappa shape index (κ2) is 10.9. The molecule has 5 heteroatoms. The molecule has 0 bridgehead atoms. The van der Waals surface area contributed by atoms with Crippen molar-refractivity contribution < 1.29 is 9.53 Å². The minimum Gasteiger partial charge on any atom is -0.497 e. The molecule has 1 heterocycles. The Morgan fingerprint density at radius 3 is 2.67 bits per heavy atom. The first-order valence-electron chi connectivity index (χ1n) is 6.65. The predicted molar refractivity (Wildman–Crippen MR) is 74.6 cm³/mol. The van der Waals surface area contributed by atoms with E-state index in [0.29, 0.717) is 13.1 Å². The summed E-state index contributed by atoms with van der Waals surface area (Å²) in [5, 5.41) is 5.59. The molecule has 0 saturated heterocycles. The lowest BCUT2D eigenvalue weighted by molar-refractivity contribution is 0.123. The third-order valence-corrected chi connectivity index (χ3v) is 2.36. The average molecular weight is 257 g/mol. The van der Waals surface area contributed by atoms with E-state index in [0.717, 1.165) is 19.4 Å². The second-order valence-corrected chi connectivity index (χ2v) is 4.15. The number of ether oxygens (including phenoxy) is 1. The molecule has 2 N–H and O–H groups in total. The Bertz CT molecular complexity index is 242. The highest BCUT2D eigenvalue weighted by atomic mass is 16.5. The highest BCUT2D eigenvalue weighted by Crippen LogP contribution is 2.08. The maximum Gasteiger partial charge on any atom is 0.314 e. The number of hydrogen-bond acceptors (Lipinski definition) is 3. The van der Waals surface area contributed by atoms with Gasteiger partial charge in [-0.15, -0.1) is 0 Å². The summed E-state index contributed by atoms with van der Waals surface area (Å²) in [6, 6.07) is -0.125. The first kappa shape index (κ1) is 16.8. The van der Waals surface area contributed by atoms with Crippen LogP contribution in [-0.2, 0) is 4.74 Å². The van der Waals surface area contributed by atoms with E-state index in [1.165, 1.54) is 0 Å². The van der Waals surface area contributed by atoms with Crippen LogP contribution in [0.1, 0.15) is 26.7 Å². The Morgan fingerprint density at radius 2 is 2.11 bits per heavy atom. The van der Waals surface area contributed by atoms with Crippen molar-refractivity contribution in [1.29, 1.82) is 0 Å². The van der Waals surface area contributed by atoms with E-state index in [1.807, 2.05) is 38.9 Å². The van der Waals surface area contributed by atoms with Crippen molar-refractivity contribution >= 4 is 6.03 Å². The predicted octanol–water partition coefficient (Wildman–Crippen LogP) is 1.57. The van der Waals surface area contributed by atoms with Gasteiger partial charge in [-0.25, -0.2) is 4.79 Å². The first-order valence-corrected chi connectivity index (χ1v) is 6.65. The fourth-order valence-corrected chi connectivity index (χ4v) is 1.40. The van der Waals surface area contributed by atoms with Crippen LogP contribution in [0.3, 0.4) is 0 Å². The molecule has 1 atom stereocenters. The molecule has 1 aliphatic rings. The van der Waals surface area contributed by atoms with Gasteiger partial charge in [-0.1, -0.05) is 13.8 Å². The van der Waals surface area contributed by atoms with Crippen LogP contribution in [0.25, 0.3) is 0 Å². The van der Waals surface area contributed by atoms with E-state index in [9.17, 15) is 4.79 Å². The number of carbonyl (C=O) groups is 1. The summed E-state index contributed by atoms with van der Waals surface area (Å²) in [5.41, 5.74) is 0. The van der Waals surface area contributed by atoms with Gasteiger partial charge >= 0.3 is 6.03 Å². The summed E-state index contributed by atoms with van der Waals surface area (Å²) in [7, 11) is 3.95. The second-order valence-electron chi connectivity index (χ2n) is 4.15. The zero-order valence-corrected chi connectivity index (χ0v) is 12.0. The van der Waals surface area contributed by atoms with Crippen LogP contribution in [0.5, 0.6) is 0 Å². The number of urea groups is 1. The zero-order valence-electron chi connectivity index (χ0n) is 12.0. The fourth-order valence-electron chi connectivity index (χ4n) is 1.40. The molecular weight excluding hydrogens is 230 g/mol. The van der Waals surface area contributed by atoms with Gasteiger partial charge in [-0.3, -0.25) is 0 Å². The minimum absolute atomic E-state index is 0.115. The Hall–Kier alpha value is -1.23. The largest absolute Gasteiger partial charge is 0.497 e. The summed E-state index contributed by atoms with van der Waals surface area (Å²) in [4.78, 5) is 13.4. The van der Waals surface area contributed by atoms with Crippen molar-refractivity contribution in [3.8, 4) is 0 Å². The molecule has 18 heavy (non-hydrogen) atoms. The molecule has 0 aliphatic carbocycles. The Morgan fingerprint density at radius 1 is 1.39 bits per heavy atom. The molecule has 0 aromatic carbocycles. The van der Waals surface area contributed by atoms with Gasteiger partial charge in [0.25, 0.3) is 0 Å². The van der Waals surface area contributed by atoms with Crippen LogP contribution in [0.2, 0.25) is 0 Å². The summed E-state index contributed by atoms with van der Waals surface area (Å²) < 4.78 is 5.34. The smallest absolute Gasteiger partial charge is 0.314 e. The number of amides is 2. The SMILES string of the molecule is CC.CN(C)CCNC(=O)NCC1CCC=CO1. The van der Waals surface area contributed by atoms with Crippen LogP contribution >= 0.6 is 0 Å². The number of hydrogen-bond donors (Lipinski definition) is 2. The molecule has 1 rings (SSSR count). The zero-order chi connectivity index (χ0) is 13.8. The van der Waals surface area contributed by atoms with Crippen molar-refractivity contribution in [2.75, 3.05) is 33.7 Å². The molecule has 1 aliphatic heterocycles. The van der Waals surface area contributed by atoms with Crippen LogP contribution in [-0.4, -0.2) is 50.8 Å². The highest BCUT2D eigenvalue weighted by molar-refractivity contribution is 5.73. The van der Waals surface area contributed by atoms with E-state index in [-0.39, 0.29) is 12.1 Å². The van der Waals surface area contributed by atoms with E-state index < -0.39 is 0 Å². The first-order chi connectivity index (χ1) is 8.68. The van der Waals surface area contributed by atoms with Gasteiger partial charge in [-0.05, 0) is 33.0 Å². The standard InChI is InChI=1S/C11H21N3O2.C2H6/c1-14(2)7-6-12-11(15)13-9-10-5-3-4-8-16-10;1-2/h4,8,10H,3,5-7,9H2,1-2H3,(H2,12,13,15);1-2H3. The summed E-state index contributed by atoms with van der Waals surface area (Å²) >= 11 is 0. The maximum absolute atomic E-state index is 11.4. The molecule has 0 radical (unpaired) electrons. The monoisotopic (exact) mass is 257 g/mol. The highest BCUT2D eigenvalue weighted by Gasteiger charge is 2.11. The Kier molecular flexibility index (Phi) is 10.2. The minimum atomic E-state index is -0.125. The van der Waals surface area contributed by atoms with Crippen molar-refractivity contribution in [3.63, 3.8) is 0 Å². The van der Waals surface area contributed by atoms with Gasteiger partial charge in [0.15, 0.2) is 0 Å². The molecule has 0 aromatic heterocycles. The molecular formula is C13H27N3O2. The molecule has 0 fully saturated rings. The number of nitrogens with zero attached hydrogens (tertiary/aromatic N) is 1. The van der Waals surface area contributed by atoms with Gasteiger partial charge in [0.1, 0.15) is 6.10 Å². The maximum atomic E-state index is 11.4. The van der Waals surface area contributed by atoms with E-state index in [4.69, 9.17) is 4.74 Å². The van der Waals surface area contributed by atoms with Crippen molar-refractivity contribution in [1.82, 2.24) is 15.5 Å². The normalized spacial score (nSPS) is 17.5. The van der Waals surface area contributed by atoms with Crippen LogP contribution in [0.4, 0.5) is 4.79 Å². The summed E-state index contributed by atoms with van der Waals surface area (Å²) in [5.74, 6) is 0. The van der Waals surface area contributed by atoms with E-state index in [2.05, 4.69) is 10.6 Å². The van der Waals surface area contributed by atoms with Gasteiger partial charge in [-0.2, -0.15) is 0 Å². The van der Waals surface area contributed by atoms with Crippen LogP contribution < -0.4 is 10.6 Å². The molecule has 0 aromatic rings. The molecule has 5 nitrogen and oxygen atoms in total. The third-order valence-electron chi connectivity index (χ3n) is 2.36. The summed E-state index contributed by atoms with van der Waals surface area (Å²) in [6.07, 6.45) is 5.81. The lowest BCUT2D eigenvalue weighted by atomic mass is 10.1. The van der Waals surface area contributed by atoms with Crippen molar-refractivity contribution in [3.05, 3.63) is 12.3 Å². The number of rotatable bonds is 5. The quantitative estimate of drug-likeness (QED) is 0.786. The van der Waals surface area contributed by atoms with Crippen LogP contribution in [0.15, 0.2) is 12.3 Å². The lowest BCUT2D eigenvalue weighted by Gasteiger charge is -2.20. The van der Waals surface area contributed by atoms with Gasteiger partial charge < -0.3 is 20.3 Å². The summed E-state index contributed by atoms with van der Waals surface area (Å²) in [6.45, 7) is 6.07. The molecule has 1 unspecified atom stereocenters. The van der Waals surface area contributed by atoms with Gasteiger partial charge in [0.2, 0.25) is 0 Å². The number of carbonyl (C=O) groups excluding carboxylic acids is 1. The van der Waals surface area contributed by atoms with Crippen molar-refractivity contribution in [2.24, 2.45) is 0 Å². The Balaban J connectivity index is 0.00000137. The molecule has 2 amide bonds. The van der Waals surface area contributed by atoms with Gasteiger partial charge in [0.05, 0.1) is 12.8 Å². The van der Waals surface area contributed by atoms with Crippen molar-refractivity contribution in [2.45, 2.75) is 32.8 Å². The number of allylic oxidation sites excluding steroid dienone is 1. The molecule has 0 saturated carbocycles. The van der Waals surface area contributed by atoms with E-state index >= 15 is 0 Å². The van der Waals surface area contributed by atoms with Crippen LogP contribution in [0, 0.1) is 0 Å².